The fourth-order valence-corrected chi connectivity index (χ4v) is 2.43. The van der Waals surface area contributed by atoms with E-state index in [9.17, 15) is 9.59 Å². The summed E-state index contributed by atoms with van der Waals surface area (Å²) in [4.78, 5) is 23.6. The van der Waals surface area contributed by atoms with Gasteiger partial charge in [-0.1, -0.05) is 47.5 Å². The molecule has 2 N–H and O–H groups in total. The van der Waals surface area contributed by atoms with E-state index in [1.54, 1.807) is 36.4 Å². The fraction of sp³-hybridized carbons (Fsp3) is 0.222. The van der Waals surface area contributed by atoms with Crippen LogP contribution in [0.15, 0.2) is 48.5 Å². The Balaban J connectivity index is 1.64. The van der Waals surface area contributed by atoms with Crippen LogP contribution in [0.1, 0.15) is 22.3 Å². The Morgan fingerprint density at radius 1 is 0.875 bits per heavy atom. The van der Waals surface area contributed by atoms with Gasteiger partial charge in [-0.3, -0.25) is 9.59 Å². The SMILES string of the molecule is O=C(CCc1ccc(Cl)c(Cl)c1)NCCNC(=O)c1ccccc1. The molecule has 0 aliphatic heterocycles. The predicted octanol–water partition coefficient (Wildman–Crippen LogP) is 3.47. The summed E-state index contributed by atoms with van der Waals surface area (Å²) in [5.41, 5.74) is 1.56. The largest absolute Gasteiger partial charge is 0.354 e. The van der Waals surface area contributed by atoms with Crippen molar-refractivity contribution in [2.75, 3.05) is 13.1 Å². The van der Waals surface area contributed by atoms with Crippen molar-refractivity contribution in [2.24, 2.45) is 0 Å². The maximum absolute atomic E-state index is 11.8. The Labute approximate surface area is 151 Å². The summed E-state index contributed by atoms with van der Waals surface area (Å²) in [5.74, 6) is -0.226. The van der Waals surface area contributed by atoms with Gasteiger partial charge in [-0.2, -0.15) is 0 Å². The summed E-state index contributed by atoms with van der Waals surface area (Å²) < 4.78 is 0. The monoisotopic (exact) mass is 364 g/mol. The molecule has 2 rings (SSSR count). The second-order valence-corrected chi connectivity index (χ2v) is 6.03. The average molecular weight is 365 g/mol. The predicted molar refractivity (Wildman–Crippen MR) is 96.6 cm³/mol. The van der Waals surface area contributed by atoms with Crippen molar-refractivity contribution in [1.29, 1.82) is 0 Å². The first-order valence-corrected chi connectivity index (χ1v) is 8.36. The topological polar surface area (TPSA) is 58.2 Å². The van der Waals surface area contributed by atoms with Crippen LogP contribution in [0, 0.1) is 0 Å². The standard InChI is InChI=1S/C18H18Cl2N2O2/c19-15-8-6-13(12-16(15)20)7-9-17(23)21-10-11-22-18(24)14-4-2-1-3-5-14/h1-6,8,12H,7,9-11H2,(H,21,23)(H,22,24). The zero-order valence-corrected chi connectivity index (χ0v) is 14.5. The molecule has 0 saturated heterocycles. The highest BCUT2D eigenvalue weighted by molar-refractivity contribution is 6.42. The quantitative estimate of drug-likeness (QED) is 0.739. The molecule has 0 unspecified atom stereocenters. The van der Waals surface area contributed by atoms with Crippen molar-refractivity contribution < 1.29 is 9.59 Å². The molecule has 6 heteroatoms. The van der Waals surface area contributed by atoms with Gasteiger partial charge in [0.15, 0.2) is 0 Å². The molecule has 0 bridgehead atoms. The zero-order chi connectivity index (χ0) is 17.4. The number of amides is 2. The van der Waals surface area contributed by atoms with Gasteiger partial charge in [0.1, 0.15) is 0 Å². The summed E-state index contributed by atoms with van der Waals surface area (Å²) in [7, 11) is 0. The molecule has 0 aliphatic rings. The van der Waals surface area contributed by atoms with Gasteiger partial charge >= 0.3 is 0 Å². The maximum Gasteiger partial charge on any atom is 0.251 e. The van der Waals surface area contributed by atoms with E-state index in [-0.39, 0.29) is 11.8 Å². The van der Waals surface area contributed by atoms with Gasteiger partial charge < -0.3 is 10.6 Å². The number of hydrogen-bond donors (Lipinski definition) is 2. The normalized spacial score (nSPS) is 10.2. The Kier molecular flexibility index (Phi) is 7.09. The lowest BCUT2D eigenvalue weighted by atomic mass is 10.1. The van der Waals surface area contributed by atoms with Crippen molar-refractivity contribution in [3.8, 4) is 0 Å². The van der Waals surface area contributed by atoms with Gasteiger partial charge in [0.2, 0.25) is 5.91 Å². The molecule has 24 heavy (non-hydrogen) atoms. The second-order valence-electron chi connectivity index (χ2n) is 5.22. The number of halogens is 2. The first-order chi connectivity index (χ1) is 11.6. The molecule has 0 spiro atoms. The highest BCUT2D eigenvalue weighted by atomic mass is 35.5. The molecule has 0 aliphatic carbocycles. The van der Waals surface area contributed by atoms with E-state index < -0.39 is 0 Å². The van der Waals surface area contributed by atoms with Crippen molar-refractivity contribution in [3.05, 3.63) is 69.7 Å². The summed E-state index contributed by atoms with van der Waals surface area (Å²) in [6.45, 7) is 0.769. The van der Waals surface area contributed by atoms with Crippen LogP contribution in [0.4, 0.5) is 0 Å². The highest BCUT2D eigenvalue weighted by Gasteiger charge is 2.06. The van der Waals surface area contributed by atoms with Crippen LogP contribution in [0.5, 0.6) is 0 Å². The molecule has 2 aromatic rings. The molecule has 0 aromatic heterocycles. The third kappa shape index (κ3) is 5.87. The lowest BCUT2D eigenvalue weighted by molar-refractivity contribution is -0.121. The number of nitrogens with one attached hydrogen (secondary N) is 2. The zero-order valence-electron chi connectivity index (χ0n) is 13.0. The minimum atomic E-state index is -0.152. The van der Waals surface area contributed by atoms with Crippen LogP contribution in [0.25, 0.3) is 0 Å². The Morgan fingerprint density at radius 3 is 2.29 bits per heavy atom. The number of carbonyl (C=O) groups is 2. The number of aryl methyl sites for hydroxylation is 1. The van der Waals surface area contributed by atoms with E-state index >= 15 is 0 Å². The van der Waals surface area contributed by atoms with Gasteiger partial charge in [0.25, 0.3) is 5.91 Å². The molecule has 126 valence electrons. The number of benzene rings is 2. The fourth-order valence-electron chi connectivity index (χ4n) is 2.11. The van der Waals surface area contributed by atoms with Gasteiger partial charge in [-0.25, -0.2) is 0 Å². The Hall–Kier alpha value is -2.04. The summed E-state index contributed by atoms with van der Waals surface area (Å²) in [6, 6.07) is 14.3. The van der Waals surface area contributed by atoms with Crippen molar-refractivity contribution in [3.63, 3.8) is 0 Å². The van der Waals surface area contributed by atoms with Crippen molar-refractivity contribution in [1.82, 2.24) is 10.6 Å². The first-order valence-electron chi connectivity index (χ1n) is 7.60. The summed E-state index contributed by atoms with van der Waals surface area (Å²) >= 11 is 11.8. The maximum atomic E-state index is 11.8. The molecule has 0 fully saturated rings. The number of carbonyl (C=O) groups excluding carboxylic acids is 2. The van der Waals surface area contributed by atoms with E-state index in [1.807, 2.05) is 12.1 Å². The van der Waals surface area contributed by atoms with Crippen LogP contribution in [0.2, 0.25) is 10.0 Å². The molecule has 0 saturated carbocycles. The lowest BCUT2D eigenvalue weighted by Gasteiger charge is -2.07. The summed E-state index contributed by atoms with van der Waals surface area (Å²) in [5, 5.41) is 6.51. The van der Waals surface area contributed by atoms with Crippen molar-refractivity contribution in [2.45, 2.75) is 12.8 Å². The molecule has 2 amide bonds. The lowest BCUT2D eigenvalue weighted by Crippen LogP contribution is -2.34. The average Bonchev–Trinajstić information content (AvgIpc) is 2.60. The van der Waals surface area contributed by atoms with Crippen molar-refractivity contribution >= 4 is 35.0 Å². The number of hydrogen-bond acceptors (Lipinski definition) is 2. The summed E-state index contributed by atoms with van der Waals surface area (Å²) in [6.07, 6.45) is 0.934. The molecule has 0 radical (unpaired) electrons. The van der Waals surface area contributed by atoms with Crippen LogP contribution in [-0.2, 0) is 11.2 Å². The van der Waals surface area contributed by atoms with E-state index in [0.717, 1.165) is 5.56 Å². The second kappa shape index (κ2) is 9.30. The van der Waals surface area contributed by atoms with Crippen LogP contribution >= 0.6 is 23.2 Å². The number of rotatable bonds is 7. The minimum Gasteiger partial charge on any atom is -0.354 e. The Morgan fingerprint density at radius 2 is 1.58 bits per heavy atom. The van der Waals surface area contributed by atoms with Gasteiger partial charge in [-0.05, 0) is 36.2 Å². The van der Waals surface area contributed by atoms with E-state index in [0.29, 0.717) is 41.5 Å². The van der Waals surface area contributed by atoms with E-state index in [4.69, 9.17) is 23.2 Å². The molecule has 0 heterocycles. The molecular weight excluding hydrogens is 347 g/mol. The van der Waals surface area contributed by atoms with Crippen LogP contribution < -0.4 is 10.6 Å². The molecule has 4 nitrogen and oxygen atoms in total. The molecule has 2 aromatic carbocycles. The van der Waals surface area contributed by atoms with E-state index in [2.05, 4.69) is 10.6 Å². The van der Waals surface area contributed by atoms with Gasteiger partial charge in [0.05, 0.1) is 10.0 Å². The minimum absolute atomic E-state index is 0.0740. The van der Waals surface area contributed by atoms with Gasteiger partial charge in [-0.15, -0.1) is 0 Å². The third-order valence-corrected chi connectivity index (χ3v) is 4.13. The first kappa shape index (κ1) is 18.3. The smallest absolute Gasteiger partial charge is 0.251 e. The molecular formula is C18H18Cl2N2O2. The van der Waals surface area contributed by atoms with Gasteiger partial charge in [0, 0.05) is 25.1 Å². The highest BCUT2D eigenvalue weighted by Crippen LogP contribution is 2.23. The van der Waals surface area contributed by atoms with E-state index in [1.165, 1.54) is 0 Å². The molecule has 0 atom stereocenters. The van der Waals surface area contributed by atoms with Crippen LogP contribution in [-0.4, -0.2) is 24.9 Å². The third-order valence-electron chi connectivity index (χ3n) is 3.39. The Bertz CT molecular complexity index is 705. The van der Waals surface area contributed by atoms with Crippen LogP contribution in [0.3, 0.4) is 0 Å².